The molecule has 0 heterocycles. The normalized spacial score (nSPS) is 11.5. The van der Waals surface area contributed by atoms with Gasteiger partial charge in [0.05, 0.1) is 22.5 Å². The Bertz CT molecular complexity index is 1170. The Morgan fingerprint density at radius 3 is 2.55 bits per heavy atom. The van der Waals surface area contributed by atoms with Crippen molar-refractivity contribution < 1.29 is 27.4 Å². The summed E-state index contributed by atoms with van der Waals surface area (Å²) in [5.74, 6) is 0.282. The molecule has 5 nitrogen and oxygen atoms in total. The van der Waals surface area contributed by atoms with Crippen LogP contribution in [0.15, 0.2) is 70.2 Å². The van der Waals surface area contributed by atoms with Gasteiger partial charge in [0.15, 0.2) is 11.5 Å². The van der Waals surface area contributed by atoms with E-state index in [0.29, 0.717) is 23.7 Å². The van der Waals surface area contributed by atoms with Gasteiger partial charge in [-0.1, -0.05) is 34.1 Å². The lowest BCUT2D eigenvalue weighted by Gasteiger charge is -2.13. The number of amides is 1. The van der Waals surface area contributed by atoms with Crippen LogP contribution >= 0.6 is 38.5 Å². The number of hydrazone groups is 1. The molecule has 1 amide bonds. The summed E-state index contributed by atoms with van der Waals surface area (Å²) in [6.45, 7) is 0.347. The predicted molar refractivity (Wildman–Crippen MR) is 131 cm³/mol. The number of alkyl halides is 3. The van der Waals surface area contributed by atoms with Crippen LogP contribution in [-0.2, 0) is 12.8 Å². The van der Waals surface area contributed by atoms with Gasteiger partial charge in [-0.2, -0.15) is 18.3 Å². The molecule has 10 heteroatoms. The molecule has 0 atom stereocenters. The Labute approximate surface area is 210 Å². The lowest BCUT2D eigenvalue weighted by molar-refractivity contribution is -0.137. The largest absolute Gasteiger partial charge is 0.493 e. The van der Waals surface area contributed by atoms with Crippen molar-refractivity contribution in [1.82, 2.24) is 5.43 Å². The summed E-state index contributed by atoms with van der Waals surface area (Å²) in [5.41, 5.74) is 2.77. The van der Waals surface area contributed by atoms with Crippen LogP contribution in [0.2, 0.25) is 0 Å². The van der Waals surface area contributed by atoms with Gasteiger partial charge in [-0.05, 0) is 76.2 Å². The van der Waals surface area contributed by atoms with Gasteiger partial charge in [0.2, 0.25) is 0 Å². The van der Waals surface area contributed by atoms with Crippen LogP contribution in [0.3, 0.4) is 0 Å². The van der Waals surface area contributed by atoms with Crippen molar-refractivity contribution >= 4 is 50.6 Å². The van der Waals surface area contributed by atoms with Crippen molar-refractivity contribution in [1.29, 1.82) is 0 Å². The summed E-state index contributed by atoms with van der Waals surface area (Å²) in [7, 11) is 1.51. The number of methoxy groups -OCH3 is 1. The summed E-state index contributed by atoms with van der Waals surface area (Å²) < 4.78 is 51.6. The Balaban J connectivity index is 1.69. The van der Waals surface area contributed by atoms with Gasteiger partial charge in [0.25, 0.3) is 5.91 Å². The highest BCUT2D eigenvalue weighted by Crippen LogP contribution is 2.34. The van der Waals surface area contributed by atoms with Crippen LogP contribution in [0.5, 0.6) is 11.5 Å². The number of benzene rings is 3. The molecule has 0 unspecified atom stereocenters. The summed E-state index contributed by atoms with van der Waals surface area (Å²) in [5, 5.41) is 3.85. The molecule has 0 aliphatic rings. The minimum absolute atomic E-state index is 0.147. The van der Waals surface area contributed by atoms with E-state index in [4.69, 9.17) is 9.47 Å². The molecule has 3 aromatic carbocycles. The van der Waals surface area contributed by atoms with E-state index < -0.39 is 17.6 Å². The molecule has 3 rings (SSSR count). The lowest BCUT2D eigenvalue weighted by atomic mass is 10.1. The van der Waals surface area contributed by atoms with Crippen molar-refractivity contribution in [2.45, 2.75) is 12.8 Å². The van der Waals surface area contributed by atoms with Gasteiger partial charge in [0.1, 0.15) is 6.61 Å². The number of rotatable bonds is 7. The second kappa shape index (κ2) is 11.0. The van der Waals surface area contributed by atoms with E-state index in [-0.39, 0.29) is 5.56 Å². The number of carbonyl (C=O) groups excluding carboxylic acids is 1. The van der Waals surface area contributed by atoms with E-state index in [1.54, 1.807) is 12.1 Å². The number of hydrogen-bond acceptors (Lipinski definition) is 4. The van der Waals surface area contributed by atoms with E-state index in [9.17, 15) is 18.0 Å². The monoisotopic (exact) mass is 632 g/mol. The van der Waals surface area contributed by atoms with Crippen molar-refractivity contribution in [2.24, 2.45) is 5.10 Å². The molecule has 0 spiro atoms. The minimum atomic E-state index is -4.53. The van der Waals surface area contributed by atoms with Crippen molar-refractivity contribution in [3.63, 3.8) is 0 Å². The van der Waals surface area contributed by atoms with Crippen LogP contribution in [0.1, 0.15) is 27.0 Å². The zero-order valence-electron chi connectivity index (χ0n) is 17.1. The molecular weight excluding hydrogens is 616 g/mol. The second-order valence-corrected chi connectivity index (χ2v) is 8.80. The molecule has 0 aliphatic heterocycles. The fourth-order valence-corrected chi connectivity index (χ4v) is 3.80. The Morgan fingerprint density at radius 2 is 1.88 bits per heavy atom. The molecule has 0 radical (unpaired) electrons. The van der Waals surface area contributed by atoms with Gasteiger partial charge in [-0.15, -0.1) is 0 Å². The first-order valence-corrected chi connectivity index (χ1v) is 11.3. The number of halogens is 5. The average Bonchev–Trinajstić information content (AvgIpc) is 2.78. The Morgan fingerprint density at radius 1 is 1.15 bits per heavy atom. The van der Waals surface area contributed by atoms with Crippen molar-refractivity contribution in [2.75, 3.05) is 7.11 Å². The molecule has 0 aromatic heterocycles. The molecule has 0 fully saturated rings. The number of nitrogens with zero attached hydrogens (tertiary/aromatic N) is 1. The Kier molecular flexibility index (Phi) is 8.35. The maximum absolute atomic E-state index is 12.8. The van der Waals surface area contributed by atoms with E-state index in [1.165, 1.54) is 25.5 Å². The molecule has 33 heavy (non-hydrogen) atoms. The molecule has 0 saturated heterocycles. The standard InChI is InChI=1S/C23H17BrF3IN2O3/c1-32-20-10-15(9-19(28)21(20)33-13-14-5-7-18(24)8-6-14)12-29-30-22(31)16-3-2-4-17(11-16)23(25,26)27/h2-12H,13H2,1H3,(H,30,31)/b29-12-. The van der Waals surface area contributed by atoms with Crippen LogP contribution in [0.25, 0.3) is 0 Å². The highest BCUT2D eigenvalue weighted by molar-refractivity contribution is 14.1. The smallest absolute Gasteiger partial charge is 0.416 e. The minimum Gasteiger partial charge on any atom is -0.493 e. The Hall–Kier alpha value is -2.60. The first kappa shape index (κ1) is 25.0. The molecule has 172 valence electrons. The number of hydrogen-bond donors (Lipinski definition) is 1. The van der Waals surface area contributed by atoms with Gasteiger partial charge >= 0.3 is 6.18 Å². The first-order chi connectivity index (χ1) is 15.7. The van der Waals surface area contributed by atoms with Gasteiger partial charge in [0, 0.05) is 10.0 Å². The van der Waals surface area contributed by atoms with Crippen LogP contribution < -0.4 is 14.9 Å². The van der Waals surface area contributed by atoms with Crippen molar-refractivity contribution in [3.8, 4) is 11.5 Å². The summed E-state index contributed by atoms with van der Waals surface area (Å²) in [6.07, 6.45) is -3.16. The number of nitrogens with one attached hydrogen (secondary N) is 1. The van der Waals surface area contributed by atoms with Crippen LogP contribution in [0.4, 0.5) is 13.2 Å². The summed E-state index contributed by atoms with van der Waals surface area (Å²) in [4.78, 5) is 12.2. The lowest BCUT2D eigenvalue weighted by Crippen LogP contribution is -2.18. The molecule has 0 saturated carbocycles. The second-order valence-electron chi connectivity index (χ2n) is 6.73. The highest BCUT2D eigenvalue weighted by Gasteiger charge is 2.30. The predicted octanol–water partition coefficient (Wildman–Crippen LogP) is 6.42. The summed E-state index contributed by atoms with van der Waals surface area (Å²) in [6, 6.07) is 15.3. The van der Waals surface area contributed by atoms with E-state index in [0.717, 1.165) is 25.7 Å². The van der Waals surface area contributed by atoms with E-state index >= 15 is 0 Å². The zero-order chi connectivity index (χ0) is 24.0. The van der Waals surface area contributed by atoms with Gasteiger partial charge in [-0.3, -0.25) is 4.79 Å². The topological polar surface area (TPSA) is 59.9 Å². The SMILES string of the molecule is COc1cc(/C=N\NC(=O)c2cccc(C(F)(F)F)c2)cc(I)c1OCc1ccc(Br)cc1. The number of ether oxygens (including phenoxy) is 2. The van der Waals surface area contributed by atoms with Crippen molar-refractivity contribution in [3.05, 3.63) is 91.0 Å². The zero-order valence-corrected chi connectivity index (χ0v) is 20.9. The first-order valence-electron chi connectivity index (χ1n) is 9.43. The quantitative estimate of drug-likeness (QED) is 0.186. The third-order valence-corrected chi connectivity index (χ3v) is 5.71. The number of carbonyl (C=O) groups is 1. The molecule has 3 aromatic rings. The third-order valence-electron chi connectivity index (χ3n) is 4.38. The van der Waals surface area contributed by atoms with Crippen LogP contribution in [0, 0.1) is 3.57 Å². The van der Waals surface area contributed by atoms with E-state index in [2.05, 4.69) is 49.0 Å². The van der Waals surface area contributed by atoms with Gasteiger partial charge in [-0.25, -0.2) is 5.43 Å². The molecule has 0 aliphatic carbocycles. The van der Waals surface area contributed by atoms with E-state index in [1.807, 2.05) is 24.3 Å². The highest BCUT2D eigenvalue weighted by atomic mass is 127. The van der Waals surface area contributed by atoms with Gasteiger partial charge < -0.3 is 9.47 Å². The third kappa shape index (κ3) is 6.94. The fourth-order valence-electron chi connectivity index (χ4n) is 2.76. The van der Waals surface area contributed by atoms with Crippen LogP contribution in [-0.4, -0.2) is 19.2 Å². The molecular formula is C23H17BrF3IN2O3. The maximum Gasteiger partial charge on any atom is 0.416 e. The molecule has 1 N–H and O–H groups in total. The summed E-state index contributed by atoms with van der Waals surface area (Å²) >= 11 is 5.49. The molecule has 0 bridgehead atoms. The average molecular weight is 633 g/mol. The maximum atomic E-state index is 12.8. The fraction of sp³-hybridized carbons (Fsp3) is 0.130.